The van der Waals surface area contributed by atoms with E-state index in [1.807, 2.05) is 0 Å². The predicted octanol–water partition coefficient (Wildman–Crippen LogP) is 4.10. The minimum absolute atomic E-state index is 0.0551. The summed E-state index contributed by atoms with van der Waals surface area (Å²) in [5, 5.41) is 0. The van der Waals surface area contributed by atoms with Gasteiger partial charge in [0.15, 0.2) is 0 Å². The van der Waals surface area contributed by atoms with E-state index in [-0.39, 0.29) is 12.1 Å². The van der Waals surface area contributed by atoms with Gasteiger partial charge < -0.3 is 4.74 Å². The van der Waals surface area contributed by atoms with Crippen LogP contribution in [0.25, 0.3) is 0 Å². The van der Waals surface area contributed by atoms with Gasteiger partial charge in [0.2, 0.25) is 0 Å². The van der Waals surface area contributed by atoms with E-state index >= 15 is 0 Å². The van der Waals surface area contributed by atoms with Crippen LogP contribution in [0.5, 0.6) is 0 Å². The zero-order valence-corrected chi connectivity index (χ0v) is 12.7. The Labute approximate surface area is 116 Å². The molecule has 0 amide bonds. The van der Waals surface area contributed by atoms with E-state index in [0.29, 0.717) is 22.2 Å². The highest BCUT2D eigenvalue weighted by atomic mass is 16.5. The molecule has 2 nitrogen and oxygen atoms in total. The minimum atomic E-state index is -0.170. The summed E-state index contributed by atoms with van der Waals surface area (Å²) < 4.78 is 5.57. The van der Waals surface area contributed by atoms with Crippen molar-refractivity contribution in [3.05, 3.63) is 12.2 Å². The van der Waals surface area contributed by atoms with Gasteiger partial charge in [0, 0.05) is 6.92 Å². The molecule has 106 valence electrons. The summed E-state index contributed by atoms with van der Waals surface area (Å²) >= 11 is 0. The number of hydrogen-bond donors (Lipinski definition) is 0. The van der Waals surface area contributed by atoms with E-state index in [4.69, 9.17) is 4.74 Å². The average Bonchev–Trinajstić information content (AvgIpc) is 2.67. The molecule has 0 aromatic rings. The first kappa shape index (κ1) is 13.2. The molecule has 0 N–H and O–H groups in total. The standard InChI is InChI=1S/C17H26O2/c1-11-13-9-15(3,10-14(11)19-12(2)18)17(5)8-6-7-16(13,17)4/h13-14H,1,6-10H2,2-5H3/t13-,14+,15+,16-,17+/m0/s1. The van der Waals surface area contributed by atoms with Crippen LogP contribution in [0.15, 0.2) is 12.2 Å². The van der Waals surface area contributed by atoms with Gasteiger partial charge in [-0.3, -0.25) is 4.79 Å². The Morgan fingerprint density at radius 2 is 1.95 bits per heavy atom. The number of carbonyl (C=O) groups is 1. The fourth-order valence-corrected chi connectivity index (χ4v) is 5.75. The molecule has 3 aliphatic carbocycles. The van der Waals surface area contributed by atoms with Gasteiger partial charge in [-0.2, -0.15) is 0 Å². The number of esters is 1. The first-order valence-electron chi connectivity index (χ1n) is 7.59. The maximum absolute atomic E-state index is 11.3. The van der Waals surface area contributed by atoms with E-state index in [0.717, 1.165) is 6.42 Å². The Balaban J connectivity index is 2.02. The van der Waals surface area contributed by atoms with Crippen LogP contribution in [-0.2, 0) is 9.53 Å². The maximum Gasteiger partial charge on any atom is 0.303 e. The van der Waals surface area contributed by atoms with Crippen LogP contribution in [0, 0.1) is 22.2 Å². The monoisotopic (exact) mass is 262 g/mol. The van der Waals surface area contributed by atoms with Crippen molar-refractivity contribution in [2.24, 2.45) is 22.2 Å². The summed E-state index contributed by atoms with van der Waals surface area (Å²) in [4.78, 5) is 11.3. The summed E-state index contributed by atoms with van der Waals surface area (Å²) in [5.41, 5.74) is 2.21. The number of ether oxygens (including phenoxy) is 1. The van der Waals surface area contributed by atoms with Crippen LogP contribution >= 0.6 is 0 Å². The highest BCUT2D eigenvalue weighted by Gasteiger charge is 2.70. The van der Waals surface area contributed by atoms with Gasteiger partial charge in [-0.15, -0.1) is 0 Å². The van der Waals surface area contributed by atoms with Gasteiger partial charge in [-0.1, -0.05) is 33.8 Å². The van der Waals surface area contributed by atoms with Crippen LogP contribution in [0.2, 0.25) is 0 Å². The second-order valence-electron chi connectivity index (χ2n) is 7.80. The predicted molar refractivity (Wildman–Crippen MR) is 75.6 cm³/mol. The lowest BCUT2D eigenvalue weighted by Gasteiger charge is -2.46. The van der Waals surface area contributed by atoms with Crippen LogP contribution < -0.4 is 0 Å². The molecule has 0 heterocycles. The molecule has 3 aliphatic rings. The maximum atomic E-state index is 11.3. The van der Waals surface area contributed by atoms with Crippen molar-refractivity contribution in [3.63, 3.8) is 0 Å². The Hall–Kier alpha value is -0.790. The molecule has 3 rings (SSSR count). The summed E-state index contributed by atoms with van der Waals surface area (Å²) in [6.45, 7) is 13.2. The van der Waals surface area contributed by atoms with E-state index in [1.54, 1.807) is 0 Å². The van der Waals surface area contributed by atoms with E-state index in [2.05, 4.69) is 27.4 Å². The second kappa shape index (κ2) is 3.65. The third kappa shape index (κ3) is 1.41. The Morgan fingerprint density at radius 1 is 1.26 bits per heavy atom. The van der Waals surface area contributed by atoms with Gasteiger partial charge in [0.25, 0.3) is 0 Å². The SMILES string of the molecule is C=C1[C@H](OC(C)=O)C[C@@]2(C)C[C@@H]1[C@]1(C)CCC[C@]21C. The van der Waals surface area contributed by atoms with E-state index in [9.17, 15) is 4.79 Å². The third-order valence-corrected chi connectivity index (χ3v) is 7.19. The summed E-state index contributed by atoms with van der Waals surface area (Å²) in [5.74, 6) is 0.361. The van der Waals surface area contributed by atoms with Gasteiger partial charge in [0.1, 0.15) is 6.10 Å². The van der Waals surface area contributed by atoms with Crippen LogP contribution in [0.3, 0.4) is 0 Å². The van der Waals surface area contributed by atoms with Crippen molar-refractivity contribution in [3.8, 4) is 0 Å². The van der Waals surface area contributed by atoms with Crippen molar-refractivity contribution in [1.82, 2.24) is 0 Å². The zero-order chi connectivity index (χ0) is 14.1. The molecule has 0 unspecified atom stereocenters. The Kier molecular flexibility index (Phi) is 2.54. The highest BCUT2D eigenvalue weighted by Crippen LogP contribution is 2.77. The molecule has 3 saturated carbocycles. The lowest BCUT2D eigenvalue weighted by molar-refractivity contribution is -0.147. The van der Waals surface area contributed by atoms with Gasteiger partial charge >= 0.3 is 5.97 Å². The molecule has 0 radical (unpaired) electrons. The average molecular weight is 262 g/mol. The fraction of sp³-hybridized carbons (Fsp3) is 0.824. The molecule has 19 heavy (non-hydrogen) atoms. The van der Waals surface area contributed by atoms with Crippen LogP contribution in [0.1, 0.15) is 59.8 Å². The Bertz CT molecular complexity index is 454. The molecule has 0 aromatic carbocycles. The van der Waals surface area contributed by atoms with Gasteiger partial charge in [-0.05, 0) is 53.4 Å². The molecular formula is C17H26O2. The normalized spacial score (nSPS) is 52.1. The van der Waals surface area contributed by atoms with Crippen molar-refractivity contribution in [1.29, 1.82) is 0 Å². The second-order valence-corrected chi connectivity index (χ2v) is 7.80. The smallest absolute Gasteiger partial charge is 0.303 e. The zero-order valence-electron chi connectivity index (χ0n) is 12.7. The summed E-state index contributed by atoms with van der Waals surface area (Å²) in [6, 6.07) is 0. The van der Waals surface area contributed by atoms with Crippen LogP contribution in [0.4, 0.5) is 0 Å². The molecule has 5 atom stereocenters. The largest absolute Gasteiger partial charge is 0.458 e. The number of rotatable bonds is 1. The van der Waals surface area contributed by atoms with Crippen molar-refractivity contribution < 1.29 is 9.53 Å². The molecule has 0 aliphatic heterocycles. The molecule has 2 bridgehead atoms. The first-order chi connectivity index (χ1) is 8.73. The lowest BCUT2D eigenvalue weighted by atomic mass is 9.59. The number of fused-ring (bicyclic) bond motifs is 5. The third-order valence-electron chi connectivity index (χ3n) is 7.19. The number of carbonyl (C=O) groups excluding carboxylic acids is 1. The number of hydrogen-bond acceptors (Lipinski definition) is 2. The van der Waals surface area contributed by atoms with E-state index < -0.39 is 0 Å². The molecule has 0 spiro atoms. The highest BCUT2D eigenvalue weighted by molar-refractivity contribution is 5.66. The van der Waals surface area contributed by atoms with Crippen LogP contribution in [-0.4, -0.2) is 12.1 Å². The molecule has 2 heteroatoms. The summed E-state index contributed by atoms with van der Waals surface area (Å²) in [6.07, 6.45) is 6.10. The summed E-state index contributed by atoms with van der Waals surface area (Å²) in [7, 11) is 0. The lowest BCUT2D eigenvalue weighted by Crippen LogP contribution is -2.40. The molecule has 3 fully saturated rings. The minimum Gasteiger partial charge on any atom is -0.458 e. The Morgan fingerprint density at radius 3 is 2.58 bits per heavy atom. The quantitative estimate of drug-likeness (QED) is 0.525. The van der Waals surface area contributed by atoms with Crippen molar-refractivity contribution >= 4 is 5.97 Å². The van der Waals surface area contributed by atoms with Gasteiger partial charge in [0.05, 0.1) is 0 Å². The molecular weight excluding hydrogens is 236 g/mol. The topological polar surface area (TPSA) is 26.3 Å². The molecule has 0 aromatic heterocycles. The first-order valence-corrected chi connectivity index (χ1v) is 7.59. The van der Waals surface area contributed by atoms with Crippen molar-refractivity contribution in [2.45, 2.75) is 65.9 Å². The fourth-order valence-electron chi connectivity index (χ4n) is 5.75. The molecule has 0 saturated heterocycles. The van der Waals surface area contributed by atoms with Crippen molar-refractivity contribution in [2.75, 3.05) is 0 Å². The van der Waals surface area contributed by atoms with Gasteiger partial charge in [-0.25, -0.2) is 0 Å². The van der Waals surface area contributed by atoms with E-state index in [1.165, 1.54) is 38.2 Å².